The predicted octanol–water partition coefficient (Wildman–Crippen LogP) is 5.23. The highest BCUT2D eigenvalue weighted by molar-refractivity contribution is 7.17. The zero-order valence-electron chi connectivity index (χ0n) is 18.2. The van der Waals surface area contributed by atoms with Crippen molar-refractivity contribution in [2.24, 2.45) is 11.3 Å². The van der Waals surface area contributed by atoms with Gasteiger partial charge in [0.05, 0.1) is 18.8 Å². The molecule has 1 N–H and O–H groups in total. The van der Waals surface area contributed by atoms with E-state index < -0.39 is 0 Å². The molecule has 1 aromatic heterocycles. The molecule has 6 heteroatoms. The number of esters is 1. The molecule has 1 heterocycles. The van der Waals surface area contributed by atoms with Crippen LogP contribution in [0.15, 0.2) is 30.3 Å². The second-order valence-electron chi connectivity index (χ2n) is 8.76. The Morgan fingerprint density at radius 3 is 2.60 bits per heavy atom. The van der Waals surface area contributed by atoms with Crippen molar-refractivity contribution in [1.82, 2.24) is 0 Å². The van der Waals surface area contributed by atoms with Gasteiger partial charge in [0, 0.05) is 4.88 Å². The van der Waals surface area contributed by atoms with E-state index >= 15 is 0 Å². The number of carbonyl (C=O) groups is 2. The predicted molar refractivity (Wildman–Crippen MR) is 120 cm³/mol. The highest BCUT2D eigenvalue weighted by Gasteiger charge is 2.34. The quantitative estimate of drug-likeness (QED) is 0.612. The standard InChI is InChI=1S/C24H31NO4S/c1-5-29-23(27)21-18-12-11-17(24(2,3)4)13-19(18)30-22(21)25-20(26)15-28-14-16-9-7-6-8-10-16/h6-10,17H,5,11-15H2,1-4H3,(H,25,26)/t17-/m0/s1. The van der Waals surface area contributed by atoms with E-state index in [1.54, 1.807) is 6.92 Å². The minimum Gasteiger partial charge on any atom is -0.462 e. The summed E-state index contributed by atoms with van der Waals surface area (Å²) < 4.78 is 10.8. The third-order valence-corrected chi connectivity index (χ3v) is 6.74. The summed E-state index contributed by atoms with van der Waals surface area (Å²) in [7, 11) is 0. The van der Waals surface area contributed by atoms with Crippen molar-refractivity contribution < 1.29 is 19.1 Å². The lowest BCUT2D eigenvalue weighted by atomic mass is 9.72. The van der Waals surface area contributed by atoms with Crippen LogP contribution in [0.25, 0.3) is 0 Å². The van der Waals surface area contributed by atoms with Gasteiger partial charge in [0.15, 0.2) is 0 Å². The van der Waals surface area contributed by atoms with Gasteiger partial charge in [0.1, 0.15) is 11.6 Å². The van der Waals surface area contributed by atoms with E-state index in [1.165, 1.54) is 16.2 Å². The molecule has 162 valence electrons. The SMILES string of the molecule is CCOC(=O)c1c(NC(=O)COCc2ccccc2)sc2c1CC[C@H](C(C)(C)C)C2. The third-order valence-electron chi connectivity index (χ3n) is 5.57. The average Bonchev–Trinajstić information content (AvgIpc) is 3.05. The Bertz CT molecular complexity index is 883. The van der Waals surface area contributed by atoms with Crippen molar-refractivity contribution in [2.45, 2.75) is 53.6 Å². The number of nitrogens with one attached hydrogen (secondary N) is 1. The first kappa shape index (κ1) is 22.5. The van der Waals surface area contributed by atoms with E-state index in [4.69, 9.17) is 9.47 Å². The first-order chi connectivity index (χ1) is 14.3. The van der Waals surface area contributed by atoms with Crippen LogP contribution in [0.4, 0.5) is 5.00 Å². The van der Waals surface area contributed by atoms with Crippen molar-refractivity contribution in [2.75, 3.05) is 18.5 Å². The molecule has 0 radical (unpaired) electrons. The van der Waals surface area contributed by atoms with E-state index in [1.807, 2.05) is 30.3 Å². The molecular weight excluding hydrogens is 398 g/mol. The zero-order valence-corrected chi connectivity index (χ0v) is 19.1. The first-order valence-electron chi connectivity index (χ1n) is 10.5. The van der Waals surface area contributed by atoms with Crippen LogP contribution in [0.5, 0.6) is 0 Å². The number of hydrogen-bond donors (Lipinski definition) is 1. The number of rotatable bonds is 7. The van der Waals surface area contributed by atoms with E-state index in [0.717, 1.165) is 30.4 Å². The molecule has 0 unspecified atom stereocenters. The Labute approximate surface area is 182 Å². The lowest BCUT2D eigenvalue weighted by Crippen LogP contribution is -2.26. The number of benzene rings is 1. The molecule has 1 amide bonds. The summed E-state index contributed by atoms with van der Waals surface area (Å²) in [4.78, 5) is 26.3. The molecule has 1 aliphatic rings. The normalized spacial score (nSPS) is 16.1. The molecule has 0 spiro atoms. The second-order valence-corrected chi connectivity index (χ2v) is 9.87. The molecule has 1 aromatic carbocycles. The minimum atomic E-state index is -0.357. The Kier molecular flexibility index (Phi) is 7.32. The fourth-order valence-electron chi connectivity index (χ4n) is 3.83. The van der Waals surface area contributed by atoms with Gasteiger partial charge in [-0.15, -0.1) is 11.3 Å². The number of ether oxygens (including phenoxy) is 2. The van der Waals surface area contributed by atoms with Gasteiger partial charge in [-0.1, -0.05) is 51.1 Å². The molecule has 0 bridgehead atoms. The molecule has 1 atom stereocenters. The Morgan fingerprint density at radius 1 is 1.20 bits per heavy atom. The maximum absolute atomic E-state index is 12.7. The van der Waals surface area contributed by atoms with Gasteiger partial charge in [-0.05, 0) is 48.6 Å². The molecule has 0 saturated heterocycles. The second kappa shape index (κ2) is 9.75. The fraction of sp³-hybridized carbons (Fsp3) is 0.500. The Balaban J connectivity index is 1.72. The summed E-state index contributed by atoms with van der Waals surface area (Å²) in [5, 5.41) is 3.49. The van der Waals surface area contributed by atoms with Crippen LogP contribution in [0.1, 0.15) is 60.5 Å². The number of fused-ring (bicyclic) bond motifs is 1. The van der Waals surface area contributed by atoms with E-state index in [0.29, 0.717) is 29.7 Å². The first-order valence-corrected chi connectivity index (χ1v) is 11.3. The van der Waals surface area contributed by atoms with Gasteiger partial charge in [-0.2, -0.15) is 0 Å². The number of anilines is 1. The summed E-state index contributed by atoms with van der Waals surface area (Å²) in [5.41, 5.74) is 2.79. The van der Waals surface area contributed by atoms with Crippen molar-refractivity contribution in [3.8, 4) is 0 Å². The monoisotopic (exact) mass is 429 g/mol. The molecular formula is C24H31NO4S. The summed E-state index contributed by atoms with van der Waals surface area (Å²) in [5.74, 6) is -0.0661. The van der Waals surface area contributed by atoms with Crippen LogP contribution in [-0.4, -0.2) is 25.1 Å². The topological polar surface area (TPSA) is 64.6 Å². The zero-order chi connectivity index (χ0) is 21.7. The summed E-state index contributed by atoms with van der Waals surface area (Å²) in [6, 6.07) is 9.72. The third kappa shape index (κ3) is 5.49. The highest BCUT2D eigenvalue weighted by atomic mass is 32.1. The molecule has 0 aliphatic heterocycles. The molecule has 1 aliphatic carbocycles. The summed E-state index contributed by atoms with van der Waals surface area (Å²) in [6.07, 6.45) is 2.80. The van der Waals surface area contributed by atoms with Crippen LogP contribution >= 0.6 is 11.3 Å². The van der Waals surface area contributed by atoms with Crippen LogP contribution in [0, 0.1) is 11.3 Å². The van der Waals surface area contributed by atoms with Gasteiger partial charge >= 0.3 is 5.97 Å². The van der Waals surface area contributed by atoms with Crippen LogP contribution < -0.4 is 5.32 Å². The van der Waals surface area contributed by atoms with E-state index in [-0.39, 0.29) is 23.9 Å². The van der Waals surface area contributed by atoms with Crippen molar-refractivity contribution >= 4 is 28.2 Å². The number of thiophene rings is 1. The lowest BCUT2D eigenvalue weighted by molar-refractivity contribution is -0.120. The van der Waals surface area contributed by atoms with Crippen LogP contribution in [0.3, 0.4) is 0 Å². The smallest absolute Gasteiger partial charge is 0.341 e. The van der Waals surface area contributed by atoms with Crippen LogP contribution in [0.2, 0.25) is 0 Å². The largest absolute Gasteiger partial charge is 0.462 e. The summed E-state index contributed by atoms with van der Waals surface area (Å²) in [6.45, 7) is 9.18. The average molecular weight is 430 g/mol. The minimum absolute atomic E-state index is 0.0651. The Hall–Kier alpha value is -2.18. The molecule has 3 rings (SSSR count). The molecule has 2 aromatic rings. The van der Waals surface area contributed by atoms with Gasteiger partial charge in [0.2, 0.25) is 0 Å². The number of amides is 1. The fourth-order valence-corrected chi connectivity index (χ4v) is 5.16. The van der Waals surface area contributed by atoms with Gasteiger partial charge < -0.3 is 14.8 Å². The van der Waals surface area contributed by atoms with Crippen molar-refractivity contribution in [3.05, 3.63) is 51.9 Å². The number of carbonyl (C=O) groups excluding carboxylic acids is 2. The lowest BCUT2D eigenvalue weighted by Gasteiger charge is -2.33. The van der Waals surface area contributed by atoms with E-state index in [9.17, 15) is 9.59 Å². The molecule has 0 saturated carbocycles. The van der Waals surface area contributed by atoms with Gasteiger partial charge in [0.25, 0.3) is 5.91 Å². The van der Waals surface area contributed by atoms with Gasteiger partial charge in [-0.3, -0.25) is 4.79 Å². The van der Waals surface area contributed by atoms with Crippen molar-refractivity contribution in [3.63, 3.8) is 0 Å². The maximum Gasteiger partial charge on any atom is 0.341 e. The van der Waals surface area contributed by atoms with E-state index in [2.05, 4.69) is 26.1 Å². The molecule has 5 nitrogen and oxygen atoms in total. The van der Waals surface area contributed by atoms with Crippen molar-refractivity contribution in [1.29, 1.82) is 0 Å². The number of hydrogen-bond acceptors (Lipinski definition) is 5. The van der Waals surface area contributed by atoms with Crippen LogP contribution in [-0.2, 0) is 33.7 Å². The summed E-state index contributed by atoms with van der Waals surface area (Å²) >= 11 is 1.51. The Morgan fingerprint density at radius 2 is 1.93 bits per heavy atom. The molecule has 0 fully saturated rings. The highest BCUT2D eigenvalue weighted by Crippen LogP contribution is 2.44. The maximum atomic E-state index is 12.7. The van der Waals surface area contributed by atoms with Gasteiger partial charge in [-0.25, -0.2) is 4.79 Å². The molecule has 30 heavy (non-hydrogen) atoms.